The van der Waals surface area contributed by atoms with Crippen LogP contribution in [0.4, 0.5) is 5.69 Å². The molecular weight excluding hydrogens is 280 g/mol. The molecule has 2 heterocycles. The fourth-order valence-corrected chi connectivity index (χ4v) is 2.32. The molecule has 1 saturated heterocycles. The predicted molar refractivity (Wildman–Crippen MR) is 73.8 cm³/mol. The highest BCUT2D eigenvalue weighted by Gasteiger charge is 2.22. The summed E-state index contributed by atoms with van der Waals surface area (Å²) in [5.41, 5.74) is 1.28. The molecule has 104 valence electrons. The molecule has 0 bridgehead atoms. The molecule has 0 saturated carbocycles. The quantitative estimate of drug-likeness (QED) is 0.882. The van der Waals surface area contributed by atoms with Crippen molar-refractivity contribution >= 4 is 23.2 Å². The molecule has 1 aromatic heterocycles. The summed E-state index contributed by atoms with van der Waals surface area (Å²) in [4.78, 5) is 12.1. The smallest absolute Gasteiger partial charge is 0.241 e. The van der Waals surface area contributed by atoms with Crippen molar-refractivity contribution in [3.05, 3.63) is 29.5 Å². The molecule has 0 radical (unpaired) electrons. The minimum absolute atomic E-state index is 0.0711. The van der Waals surface area contributed by atoms with Crippen molar-refractivity contribution in [3.8, 4) is 5.69 Å². The van der Waals surface area contributed by atoms with E-state index in [2.05, 4.69) is 26.2 Å². The Balaban J connectivity index is 1.81. The van der Waals surface area contributed by atoms with Gasteiger partial charge in [0.2, 0.25) is 5.91 Å². The van der Waals surface area contributed by atoms with Crippen molar-refractivity contribution in [1.82, 2.24) is 25.5 Å². The molecule has 2 aromatic rings. The van der Waals surface area contributed by atoms with Gasteiger partial charge in [-0.05, 0) is 48.0 Å². The number of amides is 1. The Bertz CT molecular complexity index is 608. The molecular formula is C12H13ClN6O. The summed E-state index contributed by atoms with van der Waals surface area (Å²) in [7, 11) is 0. The van der Waals surface area contributed by atoms with Gasteiger partial charge in [-0.15, -0.1) is 5.10 Å². The predicted octanol–water partition coefficient (Wildman–Crippen LogP) is 1.01. The van der Waals surface area contributed by atoms with Gasteiger partial charge in [-0.3, -0.25) is 4.79 Å². The molecule has 0 unspecified atom stereocenters. The number of nitrogens with one attached hydrogen (secondary N) is 2. The molecule has 1 aromatic carbocycles. The first-order valence-electron chi connectivity index (χ1n) is 6.31. The number of benzene rings is 1. The van der Waals surface area contributed by atoms with Crippen LogP contribution in [0, 0.1) is 0 Å². The van der Waals surface area contributed by atoms with Gasteiger partial charge >= 0.3 is 0 Å². The third kappa shape index (κ3) is 2.63. The molecule has 0 spiro atoms. The van der Waals surface area contributed by atoms with E-state index in [1.54, 1.807) is 18.2 Å². The Hall–Kier alpha value is -1.99. The van der Waals surface area contributed by atoms with Gasteiger partial charge in [-0.1, -0.05) is 11.6 Å². The van der Waals surface area contributed by atoms with E-state index in [9.17, 15) is 4.79 Å². The van der Waals surface area contributed by atoms with Crippen LogP contribution in [0.5, 0.6) is 0 Å². The zero-order valence-corrected chi connectivity index (χ0v) is 11.3. The molecule has 8 heteroatoms. The standard InChI is InChI=1S/C12H13ClN6O/c13-9-4-3-8(19-7-15-17-18-19)6-11(9)16-12(20)10-2-1-5-14-10/h3-4,6-7,10,14H,1-2,5H2,(H,16,20)/t10-/m0/s1. The van der Waals surface area contributed by atoms with Crippen molar-refractivity contribution in [1.29, 1.82) is 0 Å². The maximum Gasteiger partial charge on any atom is 0.241 e. The molecule has 20 heavy (non-hydrogen) atoms. The van der Waals surface area contributed by atoms with Crippen LogP contribution in [-0.4, -0.2) is 38.7 Å². The van der Waals surface area contributed by atoms with E-state index < -0.39 is 0 Å². The summed E-state index contributed by atoms with van der Waals surface area (Å²) in [6.07, 6.45) is 3.33. The summed E-state index contributed by atoms with van der Waals surface area (Å²) in [5, 5.41) is 17.4. The van der Waals surface area contributed by atoms with Crippen LogP contribution in [0.3, 0.4) is 0 Å². The topological polar surface area (TPSA) is 84.7 Å². The van der Waals surface area contributed by atoms with E-state index in [-0.39, 0.29) is 11.9 Å². The fourth-order valence-electron chi connectivity index (χ4n) is 2.16. The van der Waals surface area contributed by atoms with E-state index in [1.165, 1.54) is 11.0 Å². The molecule has 0 aliphatic carbocycles. The highest BCUT2D eigenvalue weighted by molar-refractivity contribution is 6.33. The summed E-state index contributed by atoms with van der Waals surface area (Å²) >= 11 is 6.11. The summed E-state index contributed by atoms with van der Waals surface area (Å²) in [5.74, 6) is -0.0711. The monoisotopic (exact) mass is 292 g/mol. The van der Waals surface area contributed by atoms with Crippen molar-refractivity contribution in [3.63, 3.8) is 0 Å². The molecule has 7 nitrogen and oxygen atoms in total. The number of hydrogen-bond donors (Lipinski definition) is 2. The average Bonchev–Trinajstić information content (AvgIpc) is 3.14. The number of carbonyl (C=O) groups excluding carboxylic acids is 1. The molecule has 1 atom stereocenters. The number of tetrazole rings is 1. The number of hydrogen-bond acceptors (Lipinski definition) is 5. The van der Waals surface area contributed by atoms with Crippen molar-refractivity contribution in [2.75, 3.05) is 11.9 Å². The number of nitrogens with zero attached hydrogens (tertiary/aromatic N) is 4. The van der Waals surface area contributed by atoms with Crippen LogP contribution in [0.1, 0.15) is 12.8 Å². The van der Waals surface area contributed by atoms with Crippen molar-refractivity contribution in [2.45, 2.75) is 18.9 Å². The number of aromatic nitrogens is 4. The average molecular weight is 293 g/mol. The van der Waals surface area contributed by atoms with Crippen LogP contribution < -0.4 is 10.6 Å². The summed E-state index contributed by atoms with van der Waals surface area (Å²) in [6.45, 7) is 0.872. The van der Waals surface area contributed by atoms with Gasteiger partial charge in [0.15, 0.2) is 0 Å². The maximum atomic E-state index is 12.1. The first kappa shape index (κ1) is 13.0. The molecule has 1 amide bonds. The van der Waals surface area contributed by atoms with Gasteiger partial charge in [0.25, 0.3) is 0 Å². The molecule has 1 aliphatic rings. The molecule has 1 aliphatic heterocycles. The molecule has 1 fully saturated rings. The van der Waals surface area contributed by atoms with Crippen LogP contribution in [0.25, 0.3) is 5.69 Å². The first-order valence-corrected chi connectivity index (χ1v) is 6.69. The normalized spacial score (nSPS) is 18.1. The zero-order chi connectivity index (χ0) is 13.9. The van der Waals surface area contributed by atoms with Gasteiger partial charge in [-0.2, -0.15) is 0 Å². The van der Waals surface area contributed by atoms with Crippen LogP contribution in [0.15, 0.2) is 24.5 Å². The number of anilines is 1. The zero-order valence-electron chi connectivity index (χ0n) is 10.6. The van der Waals surface area contributed by atoms with Gasteiger partial charge in [0.05, 0.1) is 22.4 Å². The van der Waals surface area contributed by atoms with Gasteiger partial charge in [-0.25, -0.2) is 4.68 Å². The van der Waals surface area contributed by atoms with Gasteiger partial charge in [0.1, 0.15) is 6.33 Å². The van der Waals surface area contributed by atoms with Gasteiger partial charge < -0.3 is 10.6 Å². The highest BCUT2D eigenvalue weighted by atomic mass is 35.5. The lowest BCUT2D eigenvalue weighted by Crippen LogP contribution is -2.35. The molecule has 2 N–H and O–H groups in total. The van der Waals surface area contributed by atoms with Crippen LogP contribution in [-0.2, 0) is 4.79 Å². The Morgan fingerprint density at radius 2 is 2.40 bits per heavy atom. The lowest BCUT2D eigenvalue weighted by molar-refractivity contribution is -0.117. The van der Waals surface area contributed by atoms with Crippen molar-refractivity contribution < 1.29 is 4.79 Å². The van der Waals surface area contributed by atoms with Crippen molar-refractivity contribution in [2.24, 2.45) is 0 Å². The third-order valence-electron chi connectivity index (χ3n) is 3.20. The Morgan fingerprint density at radius 3 is 3.10 bits per heavy atom. The minimum atomic E-state index is -0.150. The highest BCUT2D eigenvalue weighted by Crippen LogP contribution is 2.25. The van der Waals surface area contributed by atoms with Crippen LogP contribution in [0.2, 0.25) is 5.02 Å². The van der Waals surface area contributed by atoms with E-state index in [0.29, 0.717) is 10.7 Å². The number of carbonyl (C=O) groups is 1. The van der Waals surface area contributed by atoms with E-state index in [4.69, 9.17) is 11.6 Å². The Kier molecular flexibility index (Phi) is 3.62. The summed E-state index contributed by atoms with van der Waals surface area (Å²) in [6, 6.07) is 5.08. The second kappa shape index (κ2) is 5.56. The summed E-state index contributed by atoms with van der Waals surface area (Å²) < 4.78 is 1.50. The fraction of sp³-hybridized carbons (Fsp3) is 0.333. The Morgan fingerprint density at radius 1 is 1.50 bits per heavy atom. The molecule has 3 rings (SSSR count). The van der Waals surface area contributed by atoms with E-state index >= 15 is 0 Å². The third-order valence-corrected chi connectivity index (χ3v) is 3.53. The van der Waals surface area contributed by atoms with Crippen LogP contribution >= 0.6 is 11.6 Å². The van der Waals surface area contributed by atoms with E-state index in [1.807, 2.05) is 0 Å². The number of halogens is 1. The van der Waals surface area contributed by atoms with E-state index in [0.717, 1.165) is 25.1 Å². The van der Waals surface area contributed by atoms with Gasteiger partial charge in [0, 0.05) is 0 Å². The number of rotatable bonds is 3. The lowest BCUT2D eigenvalue weighted by atomic mass is 10.2. The second-order valence-electron chi connectivity index (χ2n) is 4.56. The largest absolute Gasteiger partial charge is 0.323 e. The first-order chi connectivity index (χ1) is 9.74. The maximum absolute atomic E-state index is 12.1. The Labute approximate surface area is 120 Å². The second-order valence-corrected chi connectivity index (χ2v) is 4.96. The minimum Gasteiger partial charge on any atom is -0.323 e. The SMILES string of the molecule is O=C(Nc1cc(-n2cnnn2)ccc1Cl)[C@@H]1CCCN1. The lowest BCUT2D eigenvalue weighted by Gasteiger charge is -2.13.